The smallest absolute Gasteiger partial charge is 0.273 e. The Hall–Kier alpha value is -1.84. The topological polar surface area (TPSA) is 58.9 Å². The minimum Gasteiger partial charge on any atom is -0.358 e. The molecule has 0 bridgehead atoms. The molecule has 0 saturated heterocycles. The Morgan fingerprint density at radius 3 is 2.82 bits per heavy atom. The van der Waals surface area contributed by atoms with Crippen molar-refractivity contribution in [2.24, 2.45) is 0 Å². The summed E-state index contributed by atoms with van der Waals surface area (Å²) in [7, 11) is 0. The minimum atomic E-state index is -0.295. The molecular weight excluding hydrogens is 216 g/mol. The SMILES string of the molecule is Cc1cc2[nH]c3c(c2cc1[N+](=O)[O-])CCCC3. The van der Waals surface area contributed by atoms with Gasteiger partial charge in [0.05, 0.1) is 4.92 Å². The van der Waals surface area contributed by atoms with Crippen molar-refractivity contribution >= 4 is 16.6 Å². The van der Waals surface area contributed by atoms with Crippen LogP contribution in [-0.4, -0.2) is 9.91 Å². The number of nitrogens with zero attached hydrogens (tertiary/aromatic N) is 1. The summed E-state index contributed by atoms with van der Waals surface area (Å²) in [6.07, 6.45) is 4.49. The van der Waals surface area contributed by atoms with E-state index in [1.807, 2.05) is 6.07 Å². The molecule has 3 rings (SSSR count). The van der Waals surface area contributed by atoms with Gasteiger partial charge in [-0.15, -0.1) is 0 Å². The predicted octanol–water partition coefficient (Wildman–Crippen LogP) is 3.26. The number of nitro groups is 1. The first kappa shape index (κ1) is 10.3. The van der Waals surface area contributed by atoms with Gasteiger partial charge in [-0.2, -0.15) is 0 Å². The summed E-state index contributed by atoms with van der Waals surface area (Å²) in [5.41, 5.74) is 4.55. The zero-order valence-electron chi connectivity index (χ0n) is 9.75. The van der Waals surface area contributed by atoms with E-state index in [0.717, 1.165) is 29.3 Å². The van der Waals surface area contributed by atoms with E-state index in [1.54, 1.807) is 13.0 Å². The second-order valence-corrected chi connectivity index (χ2v) is 4.73. The van der Waals surface area contributed by atoms with Gasteiger partial charge in [0.15, 0.2) is 0 Å². The molecule has 17 heavy (non-hydrogen) atoms. The van der Waals surface area contributed by atoms with Crippen LogP contribution in [-0.2, 0) is 12.8 Å². The Morgan fingerprint density at radius 1 is 1.29 bits per heavy atom. The highest BCUT2D eigenvalue weighted by Crippen LogP contribution is 2.33. The molecule has 1 aliphatic carbocycles. The van der Waals surface area contributed by atoms with E-state index < -0.39 is 0 Å². The number of fused-ring (bicyclic) bond motifs is 3. The average Bonchev–Trinajstić information content (AvgIpc) is 2.64. The van der Waals surface area contributed by atoms with Gasteiger partial charge in [-0.1, -0.05) is 0 Å². The van der Waals surface area contributed by atoms with Gasteiger partial charge in [0.1, 0.15) is 0 Å². The lowest BCUT2D eigenvalue weighted by Gasteiger charge is -2.10. The zero-order chi connectivity index (χ0) is 12.0. The normalized spacial score (nSPS) is 14.9. The average molecular weight is 230 g/mol. The van der Waals surface area contributed by atoms with Crippen LogP contribution in [0.15, 0.2) is 12.1 Å². The summed E-state index contributed by atoms with van der Waals surface area (Å²) in [4.78, 5) is 14.1. The zero-order valence-corrected chi connectivity index (χ0v) is 9.75. The molecule has 1 aromatic heterocycles. The summed E-state index contributed by atoms with van der Waals surface area (Å²) >= 11 is 0. The van der Waals surface area contributed by atoms with Gasteiger partial charge in [-0.05, 0) is 44.2 Å². The van der Waals surface area contributed by atoms with E-state index in [1.165, 1.54) is 24.1 Å². The number of aromatic nitrogens is 1. The van der Waals surface area contributed by atoms with E-state index in [-0.39, 0.29) is 10.6 Å². The Kier molecular flexibility index (Phi) is 2.18. The second kappa shape index (κ2) is 3.58. The molecule has 0 amide bonds. The first-order valence-electron chi connectivity index (χ1n) is 5.95. The van der Waals surface area contributed by atoms with Crippen LogP contribution < -0.4 is 0 Å². The van der Waals surface area contributed by atoms with Crippen molar-refractivity contribution in [1.29, 1.82) is 0 Å². The van der Waals surface area contributed by atoms with E-state index >= 15 is 0 Å². The highest BCUT2D eigenvalue weighted by atomic mass is 16.6. The predicted molar refractivity (Wildman–Crippen MR) is 66.3 cm³/mol. The Morgan fingerprint density at radius 2 is 2.06 bits per heavy atom. The van der Waals surface area contributed by atoms with Crippen molar-refractivity contribution < 1.29 is 4.92 Å². The molecule has 0 aliphatic heterocycles. The van der Waals surface area contributed by atoms with Crippen LogP contribution in [0.2, 0.25) is 0 Å². The summed E-state index contributed by atoms with van der Waals surface area (Å²) in [5.74, 6) is 0. The van der Waals surface area contributed by atoms with Crippen molar-refractivity contribution in [3.8, 4) is 0 Å². The fourth-order valence-corrected chi connectivity index (χ4v) is 2.75. The molecule has 0 atom stereocenters. The van der Waals surface area contributed by atoms with Crippen molar-refractivity contribution in [2.75, 3.05) is 0 Å². The van der Waals surface area contributed by atoms with Gasteiger partial charge in [-0.3, -0.25) is 10.1 Å². The lowest BCUT2D eigenvalue weighted by atomic mass is 9.95. The molecule has 0 fully saturated rings. The molecule has 0 unspecified atom stereocenters. The van der Waals surface area contributed by atoms with Crippen LogP contribution in [0.5, 0.6) is 0 Å². The minimum absolute atomic E-state index is 0.227. The fourth-order valence-electron chi connectivity index (χ4n) is 2.75. The number of benzene rings is 1. The molecule has 1 aliphatic rings. The first-order chi connectivity index (χ1) is 8.16. The molecule has 1 heterocycles. The molecule has 0 radical (unpaired) electrons. The number of hydrogen-bond donors (Lipinski definition) is 1. The van der Waals surface area contributed by atoms with E-state index in [0.29, 0.717) is 0 Å². The number of aromatic amines is 1. The second-order valence-electron chi connectivity index (χ2n) is 4.73. The van der Waals surface area contributed by atoms with Crippen molar-refractivity contribution in [3.63, 3.8) is 0 Å². The van der Waals surface area contributed by atoms with Gasteiger partial charge in [0.25, 0.3) is 5.69 Å². The molecule has 1 aromatic carbocycles. The lowest BCUT2D eigenvalue weighted by Crippen LogP contribution is -2.00. The van der Waals surface area contributed by atoms with Crippen LogP contribution >= 0.6 is 0 Å². The quantitative estimate of drug-likeness (QED) is 0.603. The monoisotopic (exact) mass is 230 g/mol. The van der Waals surface area contributed by atoms with Gasteiger partial charge < -0.3 is 4.98 Å². The summed E-state index contributed by atoms with van der Waals surface area (Å²) < 4.78 is 0. The number of nitrogens with one attached hydrogen (secondary N) is 1. The third-order valence-electron chi connectivity index (χ3n) is 3.61. The Labute approximate surface area is 98.8 Å². The van der Waals surface area contributed by atoms with Crippen LogP contribution in [0.4, 0.5) is 5.69 Å². The Balaban J connectivity index is 2.29. The number of aryl methyl sites for hydroxylation is 3. The van der Waals surface area contributed by atoms with Crippen molar-refractivity contribution in [2.45, 2.75) is 32.6 Å². The molecule has 4 heteroatoms. The van der Waals surface area contributed by atoms with Crippen LogP contribution in [0.25, 0.3) is 10.9 Å². The largest absolute Gasteiger partial charge is 0.358 e. The number of nitro benzene ring substituents is 1. The highest BCUT2D eigenvalue weighted by Gasteiger charge is 2.19. The number of H-pyrrole nitrogens is 1. The Bertz CT molecular complexity index is 613. The molecule has 0 saturated carbocycles. The third kappa shape index (κ3) is 1.52. The molecule has 0 spiro atoms. The third-order valence-corrected chi connectivity index (χ3v) is 3.61. The van der Waals surface area contributed by atoms with Gasteiger partial charge in [0, 0.05) is 28.2 Å². The first-order valence-corrected chi connectivity index (χ1v) is 5.95. The van der Waals surface area contributed by atoms with Crippen LogP contribution in [0.1, 0.15) is 29.7 Å². The standard InChI is InChI=1S/C13H14N2O2/c1-8-6-12-10(7-13(8)15(16)17)9-4-2-3-5-11(9)14-12/h6-7,14H,2-5H2,1H3. The fraction of sp³-hybridized carbons (Fsp3) is 0.385. The summed E-state index contributed by atoms with van der Waals surface area (Å²) in [5, 5.41) is 12.0. The highest BCUT2D eigenvalue weighted by molar-refractivity contribution is 5.88. The van der Waals surface area contributed by atoms with Gasteiger partial charge in [-0.25, -0.2) is 0 Å². The molecular formula is C13H14N2O2. The molecule has 2 aromatic rings. The van der Waals surface area contributed by atoms with Gasteiger partial charge >= 0.3 is 0 Å². The van der Waals surface area contributed by atoms with Crippen LogP contribution in [0.3, 0.4) is 0 Å². The summed E-state index contributed by atoms with van der Waals surface area (Å²) in [6, 6.07) is 3.62. The van der Waals surface area contributed by atoms with Crippen LogP contribution in [0, 0.1) is 17.0 Å². The maximum Gasteiger partial charge on any atom is 0.273 e. The van der Waals surface area contributed by atoms with E-state index in [2.05, 4.69) is 4.98 Å². The van der Waals surface area contributed by atoms with E-state index in [4.69, 9.17) is 0 Å². The van der Waals surface area contributed by atoms with Crippen molar-refractivity contribution in [3.05, 3.63) is 39.1 Å². The molecule has 1 N–H and O–H groups in total. The van der Waals surface area contributed by atoms with Crippen molar-refractivity contribution in [1.82, 2.24) is 4.98 Å². The molecule has 4 nitrogen and oxygen atoms in total. The number of rotatable bonds is 1. The molecule has 88 valence electrons. The maximum atomic E-state index is 11.0. The van der Waals surface area contributed by atoms with Gasteiger partial charge in [0.2, 0.25) is 0 Å². The van der Waals surface area contributed by atoms with E-state index in [9.17, 15) is 10.1 Å². The maximum absolute atomic E-state index is 11.0. The lowest BCUT2D eigenvalue weighted by molar-refractivity contribution is -0.385. The number of hydrogen-bond acceptors (Lipinski definition) is 2. The summed E-state index contributed by atoms with van der Waals surface area (Å²) in [6.45, 7) is 1.79.